The minimum absolute atomic E-state index is 0.195. The highest BCUT2D eigenvalue weighted by Gasteiger charge is 2.14. The molecule has 0 aliphatic rings. The number of halogens is 1. The quantitative estimate of drug-likeness (QED) is 0.412. The van der Waals surface area contributed by atoms with Gasteiger partial charge in [-0.3, -0.25) is 4.90 Å². The van der Waals surface area contributed by atoms with Crippen LogP contribution in [-0.4, -0.2) is 24.2 Å². The van der Waals surface area contributed by atoms with Gasteiger partial charge >= 0.3 is 0 Å². The Hall–Kier alpha value is -1.62. The number of thioether (sulfide) groups is 1. The van der Waals surface area contributed by atoms with E-state index in [0.717, 1.165) is 25.2 Å². The van der Waals surface area contributed by atoms with E-state index in [1.165, 1.54) is 25.8 Å². The van der Waals surface area contributed by atoms with Crippen molar-refractivity contribution in [2.24, 2.45) is 0 Å². The summed E-state index contributed by atoms with van der Waals surface area (Å²) in [5.41, 5.74) is 3.52. The zero-order valence-electron chi connectivity index (χ0n) is 15.5. The van der Waals surface area contributed by atoms with Crippen LogP contribution in [0.1, 0.15) is 18.7 Å². The van der Waals surface area contributed by atoms with Crippen molar-refractivity contribution in [3.63, 3.8) is 0 Å². The summed E-state index contributed by atoms with van der Waals surface area (Å²) >= 11 is 3.56. The zero-order valence-corrected chi connectivity index (χ0v) is 17.1. The van der Waals surface area contributed by atoms with Gasteiger partial charge < -0.3 is 0 Å². The molecule has 26 heavy (non-hydrogen) atoms. The standard InChI is InChI=1S/C22H24FNS2/c1-4-24(5-2)15-20-14-21(16-8-12-19(25-3)13-9-16)22(26-20)17-6-10-18(23)11-7-17/h6-14H,4-5,15H2,1-3H3. The van der Waals surface area contributed by atoms with Crippen LogP contribution in [0.5, 0.6) is 0 Å². The number of hydrogen-bond donors (Lipinski definition) is 0. The second-order valence-corrected chi connectivity index (χ2v) is 8.17. The Morgan fingerprint density at radius 1 is 0.923 bits per heavy atom. The van der Waals surface area contributed by atoms with Crippen LogP contribution in [0.25, 0.3) is 21.6 Å². The van der Waals surface area contributed by atoms with Crippen molar-refractivity contribution in [2.75, 3.05) is 19.3 Å². The van der Waals surface area contributed by atoms with Gasteiger partial charge in [-0.1, -0.05) is 38.1 Å². The Balaban J connectivity index is 2.04. The van der Waals surface area contributed by atoms with E-state index in [2.05, 4.69) is 55.3 Å². The van der Waals surface area contributed by atoms with Crippen LogP contribution in [0, 0.1) is 5.82 Å². The first-order valence-corrected chi connectivity index (χ1v) is 10.9. The molecule has 1 aromatic heterocycles. The lowest BCUT2D eigenvalue weighted by molar-refractivity contribution is 0.298. The molecule has 0 amide bonds. The molecule has 0 atom stereocenters. The van der Waals surface area contributed by atoms with Gasteiger partial charge in [0, 0.05) is 26.8 Å². The van der Waals surface area contributed by atoms with Gasteiger partial charge in [0.05, 0.1) is 0 Å². The van der Waals surface area contributed by atoms with Crippen LogP contribution in [-0.2, 0) is 6.54 Å². The van der Waals surface area contributed by atoms with E-state index in [1.54, 1.807) is 23.9 Å². The van der Waals surface area contributed by atoms with Crippen LogP contribution in [0.4, 0.5) is 4.39 Å². The Labute approximate surface area is 163 Å². The second-order valence-electron chi connectivity index (χ2n) is 6.15. The molecule has 1 heterocycles. The number of benzene rings is 2. The van der Waals surface area contributed by atoms with Crippen LogP contribution in [0.15, 0.2) is 59.5 Å². The molecule has 3 rings (SSSR count). The van der Waals surface area contributed by atoms with Gasteiger partial charge in [0.25, 0.3) is 0 Å². The molecule has 136 valence electrons. The van der Waals surface area contributed by atoms with Crippen molar-refractivity contribution in [1.82, 2.24) is 4.90 Å². The van der Waals surface area contributed by atoms with E-state index < -0.39 is 0 Å². The first-order valence-electron chi connectivity index (χ1n) is 8.90. The molecule has 1 nitrogen and oxygen atoms in total. The van der Waals surface area contributed by atoms with E-state index in [0.29, 0.717) is 0 Å². The highest BCUT2D eigenvalue weighted by molar-refractivity contribution is 7.98. The van der Waals surface area contributed by atoms with Crippen LogP contribution in [0.3, 0.4) is 0 Å². The fourth-order valence-corrected chi connectivity index (χ4v) is 4.62. The number of nitrogens with zero attached hydrogens (tertiary/aromatic N) is 1. The molecule has 0 aliphatic carbocycles. The highest BCUT2D eigenvalue weighted by Crippen LogP contribution is 2.40. The third-order valence-corrected chi connectivity index (χ3v) is 6.48. The fraction of sp³-hybridized carbons (Fsp3) is 0.273. The SMILES string of the molecule is CCN(CC)Cc1cc(-c2ccc(SC)cc2)c(-c2ccc(F)cc2)s1. The summed E-state index contributed by atoms with van der Waals surface area (Å²) in [6, 6.07) is 17.8. The predicted molar refractivity (Wildman–Crippen MR) is 114 cm³/mol. The summed E-state index contributed by atoms with van der Waals surface area (Å²) < 4.78 is 13.4. The van der Waals surface area contributed by atoms with Gasteiger partial charge in [0.15, 0.2) is 0 Å². The highest BCUT2D eigenvalue weighted by atomic mass is 32.2. The van der Waals surface area contributed by atoms with E-state index in [-0.39, 0.29) is 5.82 Å². The van der Waals surface area contributed by atoms with Crippen molar-refractivity contribution in [1.29, 1.82) is 0 Å². The lowest BCUT2D eigenvalue weighted by atomic mass is 10.0. The third kappa shape index (κ3) is 4.37. The number of thiophene rings is 1. The zero-order chi connectivity index (χ0) is 18.5. The molecule has 3 aromatic rings. The number of rotatable bonds is 7. The van der Waals surface area contributed by atoms with E-state index in [4.69, 9.17) is 0 Å². The largest absolute Gasteiger partial charge is 0.299 e. The van der Waals surface area contributed by atoms with Gasteiger partial charge in [-0.25, -0.2) is 4.39 Å². The van der Waals surface area contributed by atoms with Crippen molar-refractivity contribution in [3.8, 4) is 21.6 Å². The Kier molecular flexibility index (Phi) is 6.52. The molecule has 4 heteroatoms. The summed E-state index contributed by atoms with van der Waals surface area (Å²) in [7, 11) is 0. The summed E-state index contributed by atoms with van der Waals surface area (Å²) in [6.45, 7) is 7.42. The average Bonchev–Trinajstić information content (AvgIpc) is 3.10. The van der Waals surface area contributed by atoms with Crippen molar-refractivity contribution >= 4 is 23.1 Å². The maximum Gasteiger partial charge on any atom is 0.123 e. The van der Waals surface area contributed by atoms with E-state index >= 15 is 0 Å². The maximum atomic E-state index is 13.4. The fourth-order valence-electron chi connectivity index (χ4n) is 2.99. The Morgan fingerprint density at radius 3 is 2.12 bits per heavy atom. The van der Waals surface area contributed by atoms with Gasteiger partial charge in [-0.05, 0) is 60.8 Å². The molecule has 0 bridgehead atoms. The molecule has 0 spiro atoms. The van der Waals surface area contributed by atoms with E-state index in [1.807, 2.05) is 23.5 Å². The topological polar surface area (TPSA) is 3.24 Å². The molecule has 0 radical (unpaired) electrons. The summed E-state index contributed by atoms with van der Waals surface area (Å²) in [5.74, 6) is -0.195. The van der Waals surface area contributed by atoms with E-state index in [9.17, 15) is 4.39 Å². The molecule has 0 saturated heterocycles. The summed E-state index contributed by atoms with van der Waals surface area (Å²) in [5, 5.41) is 0. The monoisotopic (exact) mass is 385 g/mol. The van der Waals surface area contributed by atoms with Crippen molar-refractivity contribution < 1.29 is 4.39 Å². The smallest absolute Gasteiger partial charge is 0.123 e. The molecule has 0 unspecified atom stereocenters. The molecule has 0 saturated carbocycles. The predicted octanol–water partition coefficient (Wildman–Crippen LogP) is 6.78. The Bertz CT molecular complexity index is 834. The lowest BCUT2D eigenvalue weighted by Crippen LogP contribution is -2.21. The maximum absolute atomic E-state index is 13.4. The van der Waals surface area contributed by atoms with Crippen LogP contribution in [0.2, 0.25) is 0 Å². The molecule has 2 aromatic carbocycles. The van der Waals surface area contributed by atoms with Gasteiger partial charge in [0.2, 0.25) is 0 Å². The van der Waals surface area contributed by atoms with Crippen molar-refractivity contribution in [2.45, 2.75) is 25.3 Å². The minimum Gasteiger partial charge on any atom is -0.299 e. The molecular formula is C22H24FNS2. The summed E-state index contributed by atoms with van der Waals surface area (Å²) in [6.07, 6.45) is 2.09. The number of hydrogen-bond acceptors (Lipinski definition) is 3. The normalized spacial score (nSPS) is 11.3. The second kappa shape index (κ2) is 8.85. The average molecular weight is 386 g/mol. The third-order valence-electron chi connectivity index (χ3n) is 4.56. The molecule has 0 fully saturated rings. The van der Waals surface area contributed by atoms with Gasteiger partial charge in [-0.15, -0.1) is 23.1 Å². The van der Waals surface area contributed by atoms with Crippen LogP contribution >= 0.6 is 23.1 Å². The summed E-state index contributed by atoms with van der Waals surface area (Å²) in [4.78, 5) is 6.23. The first kappa shape index (κ1) is 19.2. The molecule has 0 N–H and O–H groups in total. The Morgan fingerprint density at radius 2 is 1.54 bits per heavy atom. The van der Waals surface area contributed by atoms with Crippen molar-refractivity contribution in [3.05, 3.63) is 65.3 Å². The van der Waals surface area contributed by atoms with Gasteiger partial charge in [-0.2, -0.15) is 0 Å². The molecular weight excluding hydrogens is 361 g/mol. The molecule has 0 aliphatic heterocycles. The lowest BCUT2D eigenvalue weighted by Gasteiger charge is -2.16. The van der Waals surface area contributed by atoms with Gasteiger partial charge in [0.1, 0.15) is 5.82 Å². The minimum atomic E-state index is -0.195. The first-order chi connectivity index (χ1) is 12.6. The van der Waals surface area contributed by atoms with Crippen LogP contribution < -0.4 is 0 Å².